The molecule has 0 aromatic heterocycles. The monoisotopic (exact) mass is 358 g/mol. The van der Waals surface area contributed by atoms with E-state index in [-0.39, 0.29) is 11.8 Å². The van der Waals surface area contributed by atoms with Crippen LogP contribution in [0.3, 0.4) is 0 Å². The lowest BCUT2D eigenvalue weighted by Gasteiger charge is -2.32. The predicted molar refractivity (Wildman–Crippen MR) is 103 cm³/mol. The van der Waals surface area contributed by atoms with Crippen molar-refractivity contribution in [1.82, 2.24) is 9.80 Å². The smallest absolute Gasteiger partial charge is 0.244 e. The molecule has 3 rings (SSSR count). The van der Waals surface area contributed by atoms with Gasteiger partial charge < -0.3 is 20.9 Å². The van der Waals surface area contributed by atoms with Crippen molar-refractivity contribution in [1.29, 1.82) is 0 Å². The van der Waals surface area contributed by atoms with E-state index in [1.165, 1.54) is 0 Å². The number of amides is 2. The van der Waals surface area contributed by atoms with Crippen molar-refractivity contribution >= 4 is 17.5 Å². The van der Waals surface area contributed by atoms with Gasteiger partial charge in [-0.15, -0.1) is 0 Å². The number of nitrogens with one attached hydrogen (secondary N) is 1. The Bertz CT molecular complexity index is 630. The summed E-state index contributed by atoms with van der Waals surface area (Å²) < 4.78 is 0. The van der Waals surface area contributed by atoms with Crippen LogP contribution in [0.2, 0.25) is 0 Å². The molecule has 6 nitrogen and oxygen atoms in total. The van der Waals surface area contributed by atoms with Crippen molar-refractivity contribution in [3.63, 3.8) is 0 Å². The van der Waals surface area contributed by atoms with E-state index < -0.39 is 5.54 Å². The Hall–Kier alpha value is -1.92. The molecule has 0 atom stereocenters. The normalized spacial score (nSPS) is 20.6. The summed E-state index contributed by atoms with van der Waals surface area (Å²) in [6.07, 6.45) is 5.07. The van der Waals surface area contributed by atoms with E-state index in [1.54, 1.807) is 0 Å². The summed E-state index contributed by atoms with van der Waals surface area (Å²) in [7, 11) is 2.08. The summed E-state index contributed by atoms with van der Waals surface area (Å²) in [5, 5.41) is 2.94. The van der Waals surface area contributed by atoms with Crippen molar-refractivity contribution in [3.8, 4) is 0 Å². The SMILES string of the molecule is CN1CCN(C(=O)Cc2ccc(NC(=O)C3(N)CCCCC3)cc2)CC1. The van der Waals surface area contributed by atoms with Crippen LogP contribution in [0.15, 0.2) is 24.3 Å². The zero-order chi connectivity index (χ0) is 18.6. The molecule has 1 heterocycles. The zero-order valence-electron chi connectivity index (χ0n) is 15.7. The van der Waals surface area contributed by atoms with Gasteiger partial charge in [0.2, 0.25) is 11.8 Å². The molecule has 1 aliphatic heterocycles. The molecule has 0 unspecified atom stereocenters. The number of piperazine rings is 1. The molecule has 2 amide bonds. The molecule has 0 bridgehead atoms. The number of carbonyl (C=O) groups is 2. The minimum Gasteiger partial charge on any atom is -0.340 e. The number of hydrogen-bond acceptors (Lipinski definition) is 4. The number of hydrogen-bond donors (Lipinski definition) is 2. The first-order valence-corrected chi connectivity index (χ1v) is 9.62. The molecule has 2 fully saturated rings. The Balaban J connectivity index is 1.53. The molecule has 26 heavy (non-hydrogen) atoms. The van der Waals surface area contributed by atoms with Gasteiger partial charge in [0.15, 0.2) is 0 Å². The van der Waals surface area contributed by atoms with Gasteiger partial charge in [0.25, 0.3) is 0 Å². The number of nitrogens with zero attached hydrogens (tertiary/aromatic N) is 2. The van der Waals surface area contributed by atoms with Crippen LogP contribution < -0.4 is 11.1 Å². The second-order valence-corrected chi connectivity index (χ2v) is 7.73. The molecule has 1 aromatic carbocycles. The van der Waals surface area contributed by atoms with Crippen molar-refractivity contribution < 1.29 is 9.59 Å². The van der Waals surface area contributed by atoms with Gasteiger partial charge in [0, 0.05) is 31.9 Å². The van der Waals surface area contributed by atoms with E-state index in [0.717, 1.165) is 69.5 Å². The summed E-state index contributed by atoms with van der Waals surface area (Å²) in [6.45, 7) is 3.44. The fourth-order valence-electron chi connectivity index (χ4n) is 3.71. The van der Waals surface area contributed by atoms with E-state index in [0.29, 0.717) is 6.42 Å². The molecule has 1 saturated heterocycles. The minimum absolute atomic E-state index is 0.0986. The maximum absolute atomic E-state index is 12.5. The number of nitrogens with two attached hydrogens (primary N) is 1. The van der Waals surface area contributed by atoms with Crippen molar-refractivity contribution in [2.45, 2.75) is 44.1 Å². The number of benzene rings is 1. The second-order valence-electron chi connectivity index (χ2n) is 7.73. The fourth-order valence-corrected chi connectivity index (χ4v) is 3.71. The summed E-state index contributed by atoms with van der Waals surface area (Å²) in [4.78, 5) is 29.1. The maximum atomic E-state index is 12.5. The summed E-state index contributed by atoms with van der Waals surface area (Å²) >= 11 is 0. The highest BCUT2D eigenvalue weighted by Gasteiger charge is 2.35. The summed E-state index contributed by atoms with van der Waals surface area (Å²) in [6, 6.07) is 7.54. The third-order valence-corrected chi connectivity index (χ3v) is 5.62. The molecule has 1 aliphatic carbocycles. The Labute approximate surface area is 155 Å². The lowest BCUT2D eigenvalue weighted by Crippen LogP contribution is -2.52. The highest BCUT2D eigenvalue weighted by molar-refractivity contribution is 5.98. The largest absolute Gasteiger partial charge is 0.340 e. The van der Waals surface area contributed by atoms with Crippen LogP contribution in [0.4, 0.5) is 5.69 Å². The van der Waals surface area contributed by atoms with Crippen molar-refractivity contribution in [2.75, 3.05) is 38.5 Å². The molecule has 2 aliphatic rings. The van der Waals surface area contributed by atoms with Gasteiger partial charge in [-0.2, -0.15) is 0 Å². The highest BCUT2D eigenvalue weighted by Crippen LogP contribution is 2.27. The first kappa shape index (κ1) is 18.9. The van der Waals surface area contributed by atoms with Crippen LogP contribution in [0.5, 0.6) is 0 Å². The van der Waals surface area contributed by atoms with Crippen LogP contribution in [0, 0.1) is 0 Å². The van der Waals surface area contributed by atoms with E-state index in [2.05, 4.69) is 17.3 Å². The van der Waals surface area contributed by atoms with Crippen LogP contribution in [0.25, 0.3) is 0 Å². The molecule has 3 N–H and O–H groups in total. The molecule has 142 valence electrons. The quantitative estimate of drug-likeness (QED) is 0.857. The summed E-state index contributed by atoms with van der Waals surface area (Å²) in [5.41, 5.74) is 7.23. The van der Waals surface area contributed by atoms with E-state index in [9.17, 15) is 9.59 Å². The molecule has 1 aromatic rings. The van der Waals surface area contributed by atoms with Gasteiger partial charge in [0.1, 0.15) is 0 Å². The van der Waals surface area contributed by atoms with Crippen molar-refractivity contribution in [3.05, 3.63) is 29.8 Å². The lowest BCUT2D eigenvalue weighted by atomic mass is 9.82. The molecular formula is C20H30N4O2. The Kier molecular flexibility index (Phi) is 5.94. The average molecular weight is 358 g/mol. The van der Waals surface area contributed by atoms with Crippen LogP contribution >= 0.6 is 0 Å². The number of rotatable bonds is 4. The number of carbonyl (C=O) groups excluding carboxylic acids is 2. The average Bonchev–Trinajstić information content (AvgIpc) is 2.64. The number of likely N-dealkylation sites (N-methyl/N-ethyl adjacent to an activating group) is 1. The second kappa shape index (κ2) is 8.18. The predicted octanol–water partition coefficient (Wildman–Crippen LogP) is 1.60. The molecule has 0 spiro atoms. The zero-order valence-corrected chi connectivity index (χ0v) is 15.7. The van der Waals surface area contributed by atoms with Gasteiger partial charge in [-0.1, -0.05) is 31.4 Å². The number of anilines is 1. The van der Waals surface area contributed by atoms with Crippen LogP contribution in [0.1, 0.15) is 37.7 Å². The van der Waals surface area contributed by atoms with E-state index >= 15 is 0 Å². The van der Waals surface area contributed by atoms with Crippen LogP contribution in [-0.2, 0) is 16.0 Å². The van der Waals surface area contributed by atoms with Gasteiger partial charge in [-0.25, -0.2) is 0 Å². The van der Waals surface area contributed by atoms with E-state index in [4.69, 9.17) is 5.73 Å². The Morgan fingerprint density at radius 3 is 2.27 bits per heavy atom. The van der Waals surface area contributed by atoms with Gasteiger partial charge in [0.05, 0.1) is 12.0 Å². The van der Waals surface area contributed by atoms with Gasteiger partial charge >= 0.3 is 0 Å². The van der Waals surface area contributed by atoms with Gasteiger partial charge in [-0.3, -0.25) is 9.59 Å². The van der Waals surface area contributed by atoms with Crippen molar-refractivity contribution in [2.24, 2.45) is 5.73 Å². The van der Waals surface area contributed by atoms with E-state index in [1.807, 2.05) is 29.2 Å². The third kappa shape index (κ3) is 4.62. The molecule has 0 radical (unpaired) electrons. The maximum Gasteiger partial charge on any atom is 0.244 e. The summed E-state index contributed by atoms with van der Waals surface area (Å²) in [5.74, 6) is 0.0662. The Morgan fingerprint density at radius 1 is 1.04 bits per heavy atom. The molecule has 1 saturated carbocycles. The standard InChI is InChI=1S/C20H30N4O2/c1-23-11-13-24(14-12-23)18(25)15-16-5-7-17(8-6-16)22-19(26)20(21)9-3-2-4-10-20/h5-8H,2-4,9-15,21H2,1H3,(H,22,26). The highest BCUT2D eigenvalue weighted by atomic mass is 16.2. The first-order chi connectivity index (χ1) is 12.5. The Morgan fingerprint density at radius 2 is 1.65 bits per heavy atom. The first-order valence-electron chi connectivity index (χ1n) is 9.62. The third-order valence-electron chi connectivity index (χ3n) is 5.62. The molecular weight excluding hydrogens is 328 g/mol. The van der Waals surface area contributed by atoms with Crippen LogP contribution in [-0.4, -0.2) is 60.4 Å². The molecule has 6 heteroatoms. The lowest BCUT2D eigenvalue weighted by molar-refractivity contribution is -0.132. The minimum atomic E-state index is -0.742. The van der Waals surface area contributed by atoms with Gasteiger partial charge in [-0.05, 0) is 37.6 Å². The topological polar surface area (TPSA) is 78.7 Å². The fraction of sp³-hybridized carbons (Fsp3) is 0.600.